The molecule has 1 heterocycles. The molecule has 22 heavy (non-hydrogen) atoms. The van der Waals surface area contributed by atoms with Crippen LogP contribution in [0.2, 0.25) is 0 Å². The summed E-state index contributed by atoms with van der Waals surface area (Å²) in [5.41, 5.74) is -0.719. The third-order valence-electron chi connectivity index (χ3n) is 3.06. The van der Waals surface area contributed by atoms with Crippen LogP contribution in [0.1, 0.15) is 27.7 Å². The van der Waals surface area contributed by atoms with E-state index < -0.39 is 35.5 Å². The van der Waals surface area contributed by atoms with Crippen LogP contribution in [-0.2, 0) is 19.1 Å². The van der Waals surface area contributed by atoms with Crippen LogP contribution in [0.4, 0.5) is 4.79 Å². The Morgan fingerprint density at radius 3 is 2.55 bits per heavy atom. The van der Waals surface area contributed by atoms with Gasteiger partial charge >= 0.3 is 12.0 Å². The Morgan fingerprint density at radius 2 is 2.05 bits per heavy atom. The monoisotopic (exact) mass is 311 g/mol. The van der Waals surface area contributed by atoms with E-state index in [1.54, 1.807) is 20.8 Å². The van der Waals surface area contributed by atoms with Crippen molar-refractivity contribution >= 4 is 24.0 Å². The number of isocyanates is 1. The van der Waals surface area contributed by atoms with Crippen molar-refractivity contribution in [2.75, 3.05) is 20.1 Å². The zero-order valence-electron chi connectivity index (χ0n) is 13.5. The van der Waals surface area contributed by atoms with E-state index in [0.29, 0.717) is 0 Å². The summed E-state index contributed by atoms with van der Waals surface area (Å²) < 4.78 is 5.26. The second-order valence-corrected chi connectivity index (χ2v) is 6.25. The molecule has 1 aliphatic heterocycles. The van der Waals surface area contributed by atoms with E-state index in [-0.39, 0.29) is 13.1 Å². The van der Waals surface area contributed by atoms with Gasteiger partial charge in [-0.15, -0.1) is 0 Å². The maximum atomic E-state index is 12.4. The lowest BCUT2D eigenvalue weighted by Gasteiger charge is -2.26. The molecule has 1 fully saturated rings. The zero-order chi connectivity index (χ0) is 17.1. The molecular formula is C14H21N3O5. The smallest absolute Gasteiger partial charge is 0.331 e. The number of ether oxygens (including phenoxy) is 1. The molecule has 1 saturated heterocycles. The SMILES string of the molecule is C[C@H](CN=C=O)C(=O)N1C(=O)N(C)C[C@H]1C(=O)OC(C)(C)C. The first kappa shape index (κ1) is 17.8. The van der Waals surface area contributed by atoms with Crippen LogP contribution in [-0.4, -0.2) is 65.6 Å². The number of imide groups is 1. The van der Waals surface area contributed by atoms with E-state index in [4.69, 9.17) is 4.74 Å². The first-order valence-electron chi connectivity index (χ1n) is 6.93. The number of carbonyl (C=O) groups excluding carboxylic acids is 4. The quantitative estimate of drug-likeness (QED) is 0.429. The molecule has 0 radical (unpaired) electrons. The molecule has 0 unspecified atom stereocenters. The van der Waals surface area contributed by atoms with Gasteiger partial charge in [0, 0.05) is 7.05 Å². The first-order valence-corrected chi connectivity index (χ1v) is 6.93. The van der Waals surface area contributed by atoms with Gasteiger partial charge in [0.1, 0.15) is 5.60 Å². The summed E-state index contributed by atoms with van der Waals surface area (Å²) in [5.74, 6) is -1.91. The van der Waals surface area contributed by atoms with Crippen molar-refractivity contribution in [1.29, 1.82) is 0 Å². The Morgan fingerprint density at radius 1 is 1.45 bits per heavy atom. The molecule has 0 spiro atoms. The summed E-state index contributed by atoms with van der Waals surface area (Å²) in [6.07, 6.45) is 1.35. The minimum Gasteiger partial charge on any atom is -0.458 e. The topological polar surface area (TPSA) is 96.4 Å². The van der Waals surface area contributed by atoms with Gasteiger partial charge in [-0.2, -0.15) is 0 Å². The van der Waals surface area contributed by atoms with Gasteiger partial charge in [-0.1, -0.05) is 6.92 Å². The minimum absolute atomic E-state index is 0.0726. The Bertz CT molecular complexity index is 519. The van der Waals surface area contributed by atoms with Gasteiger partial charge in [-0.25, -0.2) is 24.3 Å². The van der Waals surface area contributed by atoms with E-state index in [2.05, 4.69) is 4.99 Å². The summed E-state index contributed by atoms with van der Waals surface area (Å²) >= 11 is 0. The highest BCUT2D eigenvalue weighted by Crippen LogP contribution is 2.21. The van der Waals surface area contributed by atoms with Crippen molar-refractivity contribution < 1.29 is 23.9 Å². The van der Waals surface area contributed by atoms with Crippen molar-refractivity contribution in [3.8, 4) is 0 Å². The molecule has 8 heteroatoms. The molecule has 0 N–H and O–H groups in total. The summed E-state index contributed by atoms with van der Waals surface area (Å²) in [7, 11) is 1.50. The van der Waals surface area contributed by atoms with Gasteiger partial charge in [0.25, 0.3) is 0 Å². The molecular weight excluding hydrogens is 290 g/mol. The van der Waals surface area contributed by atoms with E-state index >= 15 is 0 Å². The largest absolute Gasteiger partial charge is 0.458 e. The average molecular weight is 311 g/mol. The van der Waals surface area contributed by atoms with Crippen LogP contribution < -0.4 is 0 Å². The Kier molecular flexibility index (Phi) is 5.43. The zero-order valence-corrected chi connectivity index (χ0v) is 13.5. The molecule has 0 aromatic carbocycles. The molecule has 8 nitrogen and oxygen atoms in total. The molecule has 0 bridgehead atoms. The highest BCUT2D eigenvalue weighted by atomic mass is 16.6. The summed E-state index contributed by atoms with van der Waals surface area (Å²) in [6.45, 7) is 6.64. The predicted octanol–water partition coefficient (Wildman–Crippen LogP) is 0.563. The second-order valence-electron chi connectivity index (χ2n) is 6.25. The lowest BCUT2D eigenvalue weighted by molar-refractivity contribution is -0.162. The fourth-order valence-corrected chi connectivity index (χ4v) is 2.02. The van der Waals surface area contributed by atoms with Crippen molar-refractivity contribution in [2.45, 2.75) is 39.3 Å². The van der Waals surface area contributed by atoms with Crippen LogP contribution in [0.25, 0.3) is 0 Å². The van der Waals surface area contributed by atoms with Gasteiger partial charge in [-0.3, -0.25) is 4.79 Å². The number of hydrogen-bond donors (Lipinski definition) is 0. The van der Waals surface area contributed by atoms with Crippen LogP contribution >= 0.6 is 0 Å². The van der Waals surface area contributed by atoms with Crippen molar-refractivity contribution in [3.05, 3.63) is 0 Å². The third kappa shape index (κ3) is 4.14. The molecule has 2 atom stereocenters. The predicted molar refractivity (Wildman–Crippen MR) is 76.7 cm³/mol. The van der Waals surface area contributed by atoms with Gasteiger partial charge in [-0.05, 0) is 20.8 Å². The fourth-order valence-electron chi connectivity index (χ4n) is 2.02. The summed E-state index contributed by atoms with van der Waals surface area (Å²) in [6, 6.07) is -1.56. The lowest BCUT2D eigenvalue weighted by atomic mass is 10.1. The number of carbonyl (C=O) groups is 3. The molecule has 3 amide bonds. The van der Waals surface area contributed by atoms with Gasteiger partial charge < -0.3 is 9.64 Å². The van der Waals surface area contributed by atoms with E-state index in [9.17, 15) is 19.2 Å². The maximum Gasteiger partial charge on any atom is 0.331 e. The number of likely N-dealkylation sites (N-methyl/N-ethyl adjacent to an activating group) is 1. The summed E-state index contributed by atoms with van der Waals surface area (Å²) in [5, 5.41) is 0. The van der Waals surface area contributed by atoms with Crippen molar-refractivity contribution in [2.24, 2.45) is 10.9 Å². The Hall–Kier alpha value is -2.21. The van der Waals surface area contributed by atoms with E-state index in [0.717, 1.165) is 4.90 Å². The molecule has 0 aromatic rings. The average Bonchev–Trinajstić information content (AvgIpc) is 2.69. The number of hydrogen-bond acceptors (Lipinski definition) is 6. The highest BCUT2D eigenvalue weighted by molar-refractivity contribution is 6.02. The van der Waals surface area contributed by atoms with Gasteiger partial charge in [0.15, 0.2) is 6.04 Å². The maximum absolute atomic E-state index is 12.4. The number of urea groups is 1. The molecule has 0 saturated carbocycles. The van der Waals surface area contributed by atoms with Crippen molar-refractivity contribution in [3.63, 3.8) is 0 Å². The molecule has 0 aliphatic carbocycles. The first-order chi connectivity index (χ1) is 10.1. The standard InChI is InChI=1S/C14H21N3O5/c1-9(6-15-8-18)11(19)17-10(7-16(5)13(17)21)12(20)22-14(2,3)4/h9-10H,6-7H2,1-5H3/t9-,10+/m1/s1. The second kappa shape index (κ2) is 6.70. The fraction of sp³-hybridized carbons (Fsp3) is 0.714. The molecule has 1 rings (SSSR count). The third-order valence-corrected chi connectivity index (χ3v) is 3.06. The van der Waals surface area contributed by atoms with Gasteiger partial charge in [0.2, 0.25) is 12.0 Å². The number of esters is 1. The van der Waals surface area contributed by atoms with Crippen molar-refractivity contribution in [1.82, 2.24) is 9.80 Å². The van der Waals surface area contributed by atoms with E-state index in [1.165, 1.54) is 25.0 Å². The lowest BCUT2D eigenvalue weighted by Crippen LogP contribution is -2.48. The molecule has 1 aliphatic rings. The highest BCUT2D eigenvalue weighted by Gasteiger charge is 2.46. The summed E-state index contributed by atoms with van der Waals surface area (Å²) in [4.78, 5) is 52.4. The van der Waals surface area contributed by atoms with Crippen LogP contribution in [0, 0.1) is 5.92 Å². The number of aliphatic imine (C=N–C) groups is 1. The molecule has 0 aromatic heterocycles. The number of nitrogens with zero attached hydrogens (tertiary/aromatic N) is 3. The number of rotatable bonds is 4. The number of amides is 3. The Balaban J connectivity index is 2.96. The minimum atomic E-state index is -0.994. The molecule has 122 valence electrons. The van der Waals surface area contributed by atoms with Crippen LogP contribution in [0.3, 0.4) is 0 Å². The van der Waals surface area contributed by atoms with Crippen LogP contribution in [0.15, 0.2) is 4.99 Å². The Labute approximate surface area is 129 Å². The normalized spacial score (nSPS) is 19.7. The van der Waals surface area contributed by atoms with Crippen LogP contribution in [0.5, 0.6) is 0 Å². The van der Waals surface area contributed by atoms with E-state index in [1.807, 2.05) is 0 Å². The van der Waals surface area contributed by atoms with Gasteiger partial charge in [0.05, 0.1) is 19.0 Å².